The van der Waals surface area contributed by atoms with Gasteiger partial charge in [-0.15, -0.1) is 0 Å². The van der Waals surface area contributed by atoms with Crippen LogP contribution >= 0.6 is 0 Å². The number of hydrogen-bond donors (Lipinski definition) is 1. The van der Waals surface area contributed by atoms with Gasteiger partial charge in [-0.2, -0.15) is 0 Å². The van der Waals surface area contributed by atoms with Crippen molar-refractivity contribution in [2.75, 3.05) is 0 Å². The first-order chi connectivity index (χ1) is 9.81. The molecule has 0 fully saturated rings. The van der Waals surface area contributed by atoms with Crippen LogP contribution in [0, 0.1) is 0 Å². The third-order valence-corrected chi connectivity index (χ3v) is 2.74. The summed E-state index contributed by atoms with van der Waals surface area (Å²) in [5.74, 6) is 0. The van der Waals surface area contributed by atoms with Crippen molar-refractivity contribution in [2.24, 2.45) is 0 Å². The normalized spacial score (nSPS) is 14.1. The second-order valence-electron chi connectivity index (χ2n) is 4.65. The highest BCUT2D eigenvalue weighted by molar-refractivity contribution is 5.48. The number of carbonyl (C=O) groups is 1. The molecule has 0 aliphatic heterocycles. The molecule has 20 heavy (non-hydrogen) atoms. The Labute approximate surface area is 123 Å². The maximum absolute atomic E-state index is 10.1. The molecule has 1 N–H and O–H groups in total. The summed E-state index contributed by atoms with van der Waals surface area (Å²) in [4.78, 5) is 10.1. The standard InChI is InChI=1S/C18H28O2/c1-2-3-4-5-6-9-12-15-18(20)16-13-10-7-8-11-14-17-19/h3-4,6,9-10,12-13,15,17-18,20H,2,5,7-8,11,14,16H2,1H3/b4-3-,9-6-,13-10-,15-12+. The Morgan fingerprint density at radius 3 is 2.50 bits per heavy atom. The monoisotopic (exact) mass is 276 g/mol. The fourth-order valence-electron chi connectivity index (χ4n) is 1.61. The molecule has 0 aromatic carbocycles. The molecular formula is C18H28O2. The molecule has 2 nitrogen and oxygen atoms in total. The van der Waals surface area contributed by atoms with Crippen molar-refractivity contribution in [1.29, 1.82) is 0 Å². The number of rotatable bonds is 12. The van der Waals surface area contributed by atoms with E-state index in [0.717, 1.165) is 38.4 Å². The zero-order valence-electron chi connectivity index (χ0n) is 12.6. The Morgan fingerprint density at radius 2 is 1.75 bits per heavy atom. The number of unbranched alkanes of at least 4 members (excludes halogenated alkanes) is 3. The number of aldehydes is 1. The average molecular weight is 276 g/mol. The molecule has 0 saturated heterocycles. The lowest BCUT2D eigenvalue weighted by atomic mass is 10.1. The van der Waals surface area contributed by atoms with Gasteiger partial charge in [0.25, 0.3) is 0 Å². The largest absolute Gasteiger partial charge is 0.389 e. The van der Waals surface area contributed by atoms with Gasteiger partial charge in [0, 0.05) is 6.42 Å². The van der Waals surface area contributed by atoms with Gasteiger partial charge in [0.2, 0.25) is 0 Å². The molecule has 2 heteroatoms. The van der Waals surface area contributed by atoms with Crippen molar-refractivity contribution in [1.82, 2.24) is 0 Å². The van der Waals surface area contributed by atoms with E-state index in [0.29, 0.717) is 12.8 Å². The topological polar surface area (TPSA) is 37.3 Å². The second kappa shape index (κ2) is 15.6. The average Bonchev–Trinajstić information content (AvgIpc) is 2.45. The van der Waals surface area contributed by atoms with Gasteiger partial charge >= 0.3 is 0 Å². The van der Waals surface area contributed by atoms with Crippen LogP contribution in [0.1, 0.15) is 51.9 Å². The molecule has 0 spiro atoms. The molecule has 1 atom stereocenters. The Hall–Kier alpha value is -1.41. The van der Waals surface area contributed by atoms with Gasteiger partial charge < -0.3 is 9.90 Å². The van der Waals surface area contributed by atoms with E-state index in [1.54, 1.807) is 6.08 Å². The number of aliphatic hydroxyl groups is 1. The van der Waals surface area contributed by atoms with E-state index in [9.17, 15) is 9.90 Å². The maximum atomic E-state index is 10.1. The molecule has 0 aliphatic rings. The lowest BCUT2D eigenvalue weighted by Crippen LogP contribution is -1.98. The Bertz CT molecular complexity index is 324. The smallest absolute Gasteiger partial charge is 0.119 e. The molecule has 0 rings (SSSR count). The first-order valence-electron chi connectivity index (χ1n) is 7.56. The maximum Gasteiger partial charge on any atom is 0.119 e. The van der Waals surface area contributed by atoms with E-state index in [-0.39, 0.29) is 0 Å². The van der Waals surface area contributed by atoms with Gasteiger partial charge in [-0.05, 0) is 38.5 Å². The van der Waals surface area contributed by atoms with Crippen LogP contribution in [-0.4, -0.2) is 17.5 Å². The first-order valence-corrected chi connectivity index (χ1v) is 7.56. The SMILES string of the molecule is CC/C=C\C/C=C\C=C\C(O)C/C=C\CCCCC=O. The molecule has 0 aromatic rings. The Morgan fingerprint density at radius 1 is 0.950 bits per heavy atom. The molecule has 1 unspecified atom stereocenters. The Kier molecular flexibility index (Phi) is 14.5. The van der Waals surface area contributed by atoms with Crippen LogP contribution in [0.3, 0.4) is 0 Å². The van der Waals surface area contributed by atoms with Gasteiger partial charge in [0.05, 0.1) is 6.10 Å². The fourth-order valence-corrected chi connectivity index (χ4v) is 1.61. The highest BCUT2D eigenvalue weighted by Crippen LogP contribution is 2.02. The second-order valence-corrected chi connectivity index (χ2v) is 4.65. The van der Waals surface area contributed by atoms with Gasteiger partial charge in [-0.25, -0.2) is 0 Å². The van der Waals surface area contributed by atoms with Crippen molar-refractivity contribution < 1.29 is 9.90 Å². The van der Waals surface area contributed by atoms with E-state index in [1.165, 1.54) is 0 Å². The molecule has 0 amide bonds. The quantitative estimate of drug-likeness (QED) is 0.246. The third-order valence-electron chi connectivity index (χ3n) is 2.74. The zero-order valence-corrected chi connectivity index (χ0v) is 12.6. The molecule has 0 radical (unpaired) electrons. The fraction of sp³-hybridized carbons (Fsp3) is 0.500. The molecule has 0 heterocycles. The van der Waals surface area contributed by atoms with E-state index < -0.39 is 6.10 Å². The first kappa shape index (κ1) is 18.6. The van der Waals surface area contributed by atoms with Crippen molar-refractivity contribution >= 4 is 6.29 Å². The summed E-state index contributed by atoms with van der Waals surface area (Å²) in [7, 11) is 0. The third kappa shape index (κ3) is 14.7. The van der Waals surface area contributed by atoms with Gasteiger partial charge in [0.1, 0.15) is 6.29 Å². The van der Waals surface area contributed by atoms with Gasteiger partial charge in [0.15, 0.2) is 0 Å². The van der Waals surface area contributed by atoms with Crippen LogP contribution in [0.25, 0.3) is 0 Å². The number of hydrogen-bond acceptors (Lipinski definition) is 2. The van der Waals surface area contributed by atoms with Crippen molar-refractivity contribution in [2.45, 2.75) is 58.0 Å². The summed E-state index contributed by atoms with van der Waals surface area (Å²) in [5, 5.41) is 9.70. The van der Waals surface area contributed by atoms with Crippen LogP contribution in [0.5, 0.6) is 0 Å². The van der Waals surface area contributed by atoms with Crippen molar-refractivity contribution in [3.63, 3.8) is 0 Å². The molecule has 112 valence electrons. The van der Waals surface area contributed by atoms with Crippen LogP contribution in [-0.2, 0) is 4.79 Å². The van der Waals surface area contributed by atoms with Crippen LogP contribution < -0.4 is 0 Å². The number of allylic oxidation sites excluding steroid dienone is 6. The lowest BCUT2D eigenvalue weighted by molar-refractivity contribution is -0.107. The lowest BCUT2D eigenvalue weighted by Gasteiger charge is -1.99. The van der Waals surface area contributed by atoms with Crippen LogP contribution in [0.2, 0.25) is 0 Å². The predicted octanol–water partition coefficient (Wildman–Crippen LogP) is 4.52. The highest BCUT2D eigenvalue weighted by Gasteiger charge is 1.93. The summed E-state index contributed by atoms with van der Waals surface area (Å²) in [6, 6.07) is 0. The minimum Gasteiger partial charge on any atom is -0.389 e. The molecule has 0 aliphatic carbocycles. The summed E-state index contributed by atoms with van der Waals surface area (Å²) in [5.41, 5.74) is 0. The van der Waals surface area contributed by atoms with Crippen molar-refractivity contribution in [3.05, 3.63) is 48.6 Å². The summed E-state index contributed by atoms with van der Waals surface area (Å²) in [6.07, 6.45) is 22.9. The predicted molar refractivity (Wildman–Crippen MR) is 86.6 cm³/mol. The number of aliphatic hydroxyl groups excluding tert-OH is 1. The summed E-state index contributed by atoms with van der Waals surface area (Å²) >= 11 is 0. The minimum atomic E-state index is -0.419. The van der Waals surface area contributed by atoms with E-state index in [4.69, 9.17) is 0 Å². The summed E-state index contributed by atoms with van der Waals surface area (Å²) in [6.45, 7) is 2.12. The van der Waals surface area contributed by atoms with Gasteiger partial charge in [-0.3, -0.25) is 0 Å². The van der Waals surface area contributed by atoms with Crippen LogP contribution in [0.4, 0.5) is 0 Å². The Balaban J connectivity index is 3.60. The van der Waals surface area contributed by atoms with E-state index in [2.05, 4.69) is 31.2 Å². The van der Waals surface area contributed by atoms with Crippen molar-refractivity contribution in [3.8, 4) is 0 Å². The minimum absolute atomic E-state index is 0.419. The highest BCUT2D eigenvalue weighted by atomic mass is 16.3. The molecule has 0 aromatic heterocycles. The molecule has 0 saturated carbocycles. The zero-order chi connectivity index (χ0) is 14.9. The molecule has 0 bridgehead atoms. The van der Waals surface area contributed by atoms with Crippen LogP contribution in [0.15, 0.2) is 48.6 Å². The number of carbonyl (C=O) groups excluding carboxylic acids is 1. The van der Waals surface area contributed by atoms with Gasteiger partial charge in [-0.1, -0.05) is 55.5 Å². The van der Waals surface area contributed by atoms with E-state index >= 15 is 0 Å². The summed E-state index contributed by atoms with van der Waals surface area (Å²) < 4.78 is 0. The molecular weight excluding hydrogens is 248 g/mol. The van der Waals surface area contributed by atoms with E-state index in [1.807, 2.05) is 18.2 Å².